The number of amides is 1. The third-order valence-electron chi connectivity index (χ3n) is 9.50. The quantitative estimate of drug-likeness (QED) is 0.219. The first kappa shape index (κ1) is 33.0. The zero-order valence-electron chi connectivity index (χ0n) is 26.5. The minimum atomic E-state index is -0.772. The highest BCUT2D eigenvalue weighted by Crippen LogP contribution is 2.36. The monoisotopic (exact) mass is 749 g/mol. The Bertz CT molecular complexity index is 1690. The number of carboxylic acid groups (broad SMARTS) is 1. The van der Waals surface area contributed by atoms with E-state index in [1.54, 1.807) is 4.90 Å². The van der Waals surface area contributed by atoms with Crippen molar-refractivity contribution in [2.24, 2.45) is 0 Å². The number of hydrogen-bond acceptors (Lipinski definition) is 9. The lowest BCUT2D eigenvalue weighted by molar-refractivity contribution is -0.137. The molecule has 0 aliphatic carbocycles. The molecule has 0 radical (unpaired) electrons. The number of rotatable bonds is 11. The average Bonchev–Trinajstić information content (AvgIpc) is 3.53. The molecule has 1 amide bonds. The van der Waals surface area contributed by atoms with Gasteiger partial charge in [-0.05, 0) is 85.0 Å². The maximum atomic E-state index is 12.6. The van der Waals surface area contributed by atoms with Crippen LogP contribution in [0.4, 0.5) is 11.5 Å². The van der Waals surface area contributed by atoms with E-state index < -0.39 is 5.97 Å². The molecule has 12 heteroatoms. The summed E-state index contributed by atoms with van der Waals surface area (Å²) in [7, 11) is 0. The van der Waals surface area contributed by atoms with Gasteiger partial charge in [-0.15, -0.1) is 0 Å². The summed E-state index contributed by atoms with van der Waals surface area (Å²) in [6, 6.07) is 15.3. The number of ether oxygens (including phenoxy) is 1. The zero-order valence-corrected chi connectivity index (χ0v) is 28.6. The molecule has 4 heterocycles. The second-order valence-corrected chi connectivity index (χ2v) is 13.5. The SMILES string of the molecule is C=CC(=O)N1CCN(c2nc(OC[C@@H]3CCCN3CCCC(=O)O)nc3c2CCN(c2cccc4cccc(I)c24)C3)C[C@@H]1CC#N. The molecule has 2 fully saturated rings. The number of aliphatic carboxylic acids is 1. The van der Waals surface area contributed by atoms with Gasteiger partial charge in [-0.3, -0.25) is 14.5 Å². The van der Waals surface area contributed by atoms with Crippen molar-refractivity contribution < 1.29 is 19.4 Å². The normalized spacial score (nSPS) is 19.8. The summed E-state index contributed by atoms with van der Waals surface area (Å²) in [6.45, 7) is 8.68. The van der Waals surface area contributed by atoms with E-state index >= 15 is 0 Å². The molecule has 1 N–H and O–H groups in total. The summed E-state index contributed by atoms with van der Waals surface area (Å²) in [5.74, 6) is -0.120. The van der Waals surface area contributed by atoms with Crippen molar-refractivity contribution in [3.05, 3.63) is 63.9 Å². The first-order valence-electron chi connectivity index (χ1n) is 16.3. The predicted molar refractivity (Wildman–Crippen MR) is 189 cm³/mol. The number of likely N-dealkylation sites (tertiary alicyclic amines) is 1. The Labute approximate surface area is 288 Å². The summed E-state index contributed by atoms with van der Waals surface area (Å²) in [5.41, 5.74) is 3.18. The standard InChI is InChI=1S/C35H40IN7O4/c1-2-31(44)43-20-19-42(21-25(43)13-15-37)34-27-14-18-41(30-11-4-8-24-7-3-10-28(36)33(24)30)22-29(27)38-35(39-34)47-23-26-9-5-16-40(26)17-6-12-32(45)46/h2-4,7-8,10-11,25-26H,1,5-6,9,12-14,16-23H2,(H,45,46)/t25-,26-/m0/s1. The van der Waals surface area contributed by atoms with Crippen molar-refractivity contribution in [2.75, 3.05) is 55.7 Å². The molecule has 0 unspecified atom stereocenters. The first-order valence-corrected chi connectivity index (χ1v) is 17.4. The Kier molecular flexibility index (Phi) is 10.4. The molecule has 2 atom stereocenters. The van der Waals surface area contributed by atoms with Crippen LogP contribution in [-0.2, 0) is 22.6 Å². The molecule has 2 saturated heterocycles. The highest BCUT2D eigenvalue weighted by Gasteiger charge is 2.34. The second kappa shape index (κ2) is 14.9. The lowest BCUT2D eigenvalue weighted by Gasteiger charge is -2.42. The van der Waals surface area contributed by atoms with E-state index in [0.29, 0.717) is 45.2 Å². The van der Waals surface area contributed by atoms with Gasteiger partial charge in [-0.25, -0.2) is 0 Å². The van der Waals surface area contributed by atoms with E-state index in [-0.39, 0.29) is 30.8 Å². The smallest absolute Gasteiger partial charge is 0.318 e. The number of carboxylic acids is 1. The van der Waals surface area contributed by atoms with Gasteiger partial charge in [0.25, 0.3) is 0 Å². The Morgan fingerprint density at radius 3 is 2.72 bits per heavy atom. The molecule has 0 spiro atoms. The summed E-state index contributed by atoms with van der Waals surface area (Å²) >= 11 is 2.41. The molecule has 0 saturated carbocycles. The number of nitriles is 1. The van der Waals surface area contributed by atoms with Gasteiger partial charge in [0, 0.05) is 58.8 Å². The molecular weight excluding hydrogens is 709 g/mol. The van der Waals surface area contributed by atoms with E-state index in [2.05, 4.69) is 86.3 Å². The lowest BCUT2D eigenvalue weighted by atomic mass is 10.0. The number of carbonyl (C=O) groups is 2. The number of carbonyl (C=O) groups excluding carboxylic acids is 1. The second-order valence-electron chi connectivity index (χ2n) is 12.4. The molecule has 2 aromatic carbocycles. The van der Waals surface area contributed by atoms with E-state index in [9.17, 15) is 14.9 Å². The van der Waals surface area contributed by atoms with Crippen LogP contribution >= 0.6 is 22.6 Å². The van der Waals surface area contributed by atoms with Gasteiger partial charge in [-0.2, -0.15) is 15.2 Å². The van der Waals surface area contributed by atoms with Crippen LogP contribution in [-0.4, -0.2) is 94.7 Å². The third kappa shape index (κ3) is 7.31. The van der Waals surface area contributed by atoms with E-state index in [4.69, 9.17) is 19.8 Å². The topological polar surface area (TPSA) is 126 Å². The maximum absolute atomic E-state index is 12.6. The molecule has 47 heavy (non-hydrogen) atoms. The number of hydrogen-bond donors (Lipinski definition) is 1. The third-order valence-corrected chi connectivity index (χ3v) is 10.4. The van der Waals surface area contributed by atoms with Gasteiger partial charge >= 0.3 is 12.0 Å². The average molecular weight is 750 g/mol. The van der Waals surface area contributed by atoms with E-state index in [1.165, 1.54) is 26.1 Å². The van der Waals surface area contributed by atoms with Crippen LogP contribution in [0.2, 0.25) is 0 Å². The summed E-state index contributed by atoms with van der Waals surface area (Å²) in [5, 5.41) is 21.1. The fraction of sp³-hybridized carbons (Fsp3) is 0.457. The predicted octanol–water partition coefficient (Wildman–Crippen LogP) is 4.62. The number of fused-ring (bicyclic) bond motifs is 2. The fourth-order valence-electron chi connectivity index (χ4n) is 7.18. The number of piperazine rings is 1. The van der Waals surface area contributed by atoms with Crippen LogP contribution in [0.25, 0.3) is 10.8 Å². The molecule has 3 aliphatic rings. The van der Waals surface area contributed by atoms with Crippen molar-refractivity contribution in [1.29, 1.82) is 5.26 Å². The van der Waals surface area contributed by atoms with Crippen LogP contribution in [0.1, 0.15) is 43.4 Å². The summed E-state index contributed by atoms with van der Waals surface area (Å²) in [4.78, 5) is 42.3. The van der Waals surface area contributed by atoms with Crippen LogP contribution in [0.3, 0.4) is 0 Å². The van der Waals surface area contributed by atoms with Crippen LogP contribution < -0.4 is 14.5 Å². The van der Waals surface area contributed by atoms with Crippen LogP contribution in [0.5, 0.6) is 6.01 Å². The fourth-order valence-corrected chi connectivity index (χ4v) is 7.97. The zero-order chi connectivity index (χ0) is 32.9. The van der Waals surface area contributed by atoms with Crippen molar-refractivity contribution in [3.8, 4) is 12.1 Å². The van der Waals surface area contributed by atoms with Gasteiger partial charge in [0.05, 0.1) is 30.8 Å². The van der Waals surface area contributed by atoms with Gasteiger partial charge in [-0.1, -0.05) is 30.8 Å². The highest BCUT2D eigenvalue weighted by atomic mass is 127. The molecule has 246 valence electrons. The number of nitrogens with zero attached hydrogens (tertiary/aromatic N) is 7. The van der Waals surface area contributed by atoms with E-state index in [1.807, 2.05) is 0 Å². The van der Waals surface area contributed by atoms with Gasteiger partial charge in [0.15, 0.2) is 0 Å². The Morgan fingerprint density at radius 2 is 1.94 bits per heavy atom. The van der Waals surface area contributed by atoms with Gasteiger partial charge in [0.1, 0.15) is 12.4 Å². The molecular formula is C35H40IN7O4. The lowest BCUT2D eigenvalue weighted by Crippen LogP contribution is -2.55. The molecule has 6 rings (SSSR count). The minimum Gasteiger partial charge on any atom is -0.481 e. The summed E-state index contributed by atoms with van der Waals surface area (Å²) in [6.07, 6.45) is 5.08. The Morgan fingerprint density at radius 1 is 1.11 bits per heavy atom. The Hall–Kier alpha value is -3.96. The number of halogens is 1. The highest BCUT2D eigenvalue weighted by molar-refractivity contribution is 14.1. The first-order chi connectivity index (χ1) is 22.9. The van der Waals surface area contributed by atoms with Crippen molar-refractivity contribution in [2.45, 2.75) is 57.2 Å². The molecule has 3 aliphatic heterocycles. The summed E-state index contributed by atoms with van der Waals surface area (Å²) < 4.78 is 7.57. The maximum Gasteiger partial charge on any atom is 0.318 e. The largest absolute Gasteiger partial charge is 0.481 e. The van der Waals surface area contributed by atoms with Gasteiger partial charge < -0.3 is 24.5 Å². The van der Waals surface area contributed by atoms with Crippen molar-refractivity contribution in [1.82, 2.24) is 19.8 Å². The molecule has 1 aromatic heterocycles. The number of aromatic nitrogens is 2. The number of anilines is 2. The molecule has 0 bridgehead atoms. The molecule has 3 aromatic rings. The number of benzene rings is 2. The molecule has 11 nitrogen and oxygen atoms in total. The van der Waals surface area contributed by atoms with Crippen molar-refractivity contribution in [3.63, 3.8) is 0 Å². The van der Waals surface area contributed by atoms with Crippen LogP contribution in [0.15, 0.2) is 49.1 Å². The van der Waals surface area contributed by atoms with Crippen molar-refractivity contribution >= 4 is 56.7 Å². The van der Waals surface area contributed by atoms with Gasteiger partial charge in [0.2, 0.25) is 5.91 Å². The van der Waals surface area contributed by atoms with E-state index in [0.717, 1.165) is 56.0 Å². The van der Waals surface area contributed by atoms with Crippen LogP contribution in [0, 0.1) is 14.9 Å². The Balaban J connectivity index is 1.29. The minimum absolute atomic E-state index is 0.159.